The van der Waals surface area contributed by atoms with E-state index in [1.54, 1.807) is 4.90 Å². The van der Waals surface area contributed by atoms with Crippen LogP contribution in [0, 0.1) is 0 Å². The Bertz CT molecular complexity index is 397. The van der Waals surface area contributed by atoms with E-state index in [0.29, 0.717) is 13.1 Å². The maximum Gasteiger partial charge on any atom is 0.410 e. The molecule has 0 bridgehead atoms. The molecule has 0 aromatic heterocycles. The monoisotopic (exact) mass is 283 g/mol. The maximum absolute atomic E-state index is 12.2. The Balaban J connectivity index is 2.06. The molecule has 1 fully saturated rings. The largest absolute Gasteiger partial charge is 0.444 e. The van der Waals surface area contributed by atoms with Crippen LogP contribution in [0.4, 0.5) is 4.79 Å². The number of hydrogen-bond acceptors (Lipinski definition) is 4. The number of rotatable bonds is 0. The summed E-state index contributed by atoms with van der Waals surface area (Å²) in [7, 11) is 0. The van der Waals surface area contributed by atoms with E-state index in [9.17, 15) is 4.79 Å². The molecule has 0 radical (unpaired) electrons. The zero-order valence-electron chi connectivity index (χ0n) is 13.0. The van der Waals surface area contributed by atoms with Crippen molar-refractivity contribution in [1.29, 1.82) is 0 Å². The van der Waals surface area contributed by atoms with Crippen molar-refractivity contribution in [3.8, 4) is 0 Å². The van der Waals surface area contributed by atoms with E-state index < -0.39 is 11.4 Å². The lowest BCUT2D eigenvalue weighted by Crippen LogP contribution is -2.44. The van der Waals surface area contributed by atoms with E-state index in [1.165, 1.54) is 0 Å². The summed E-state index contributed by atoms with van der Waals surface area (Å²) in [6.07, 6.45) is 4.33. The minimum Gasteiger partial charge on any atom is -0.444 e. The molecule has 0 aromatic rings. The van der Waals surface area contributed by atoms with Gasteiger partial charge in [0.2, 0.25) is 0 Å². The molecule has 5 heteroatoms. The number of amides is 1. The third kappa shape index (κ3) is 3.96. The Labute approximate surface area is 120 Å². The molecule has 5 nitrogen and oxygen atoms in total. The Kier molecular flexibility index (Phi) is 4.12. The molecule has 114 valence electrons. The van der Waals surface area contributed by atoms with Crippen LogP contribution in [0.1, 0.15) is 41.0 Å². The maximum atomic E-state index is 12.2. The highest BCUT2D eigenvalue weighted by Gasteiger charge is 2.42. The van der Waals surface area contributed by atoms with Gasteiger partial charge in [-0.1, -0.05) is 12.2 Å². The molecule has 2 rings (SSSR count). The molecule has 2 heterocycles. The zero-order chi connectivity index (χ0) is 15.0. The van der Waals surface area contributed by atoms with Gasteiger partial charge in [0.15, 0.2) is 5.79 Å². The predicted molar refractivity (Wildman–Crippen MR) is 75.4 cm³/mol. The van der Waals surface area contributed by atoms with E-state index in [2.05, 4.69) is 0 Å². The van der Waals surface area contributed by atoms with Crippen LogP contribution >= 0.6 is 0 Å². The molecule has 1 amide bonds. The first-order chi connectivity index (χ1) is 9.16. The van der Waals surface area contributed by atoms with E-state index in [1.807, 2.05) is 46.8 Å². The van der Waals surface area contributed by atoms with Crippen molar-refractivity contribution in [2.45, 2.75) is 64.6 Å². The van der Waals surface area contributed by atoms with Gasteiger partial charge >= 0.3 is 6.09 Å². The molecule has 0 aromatic carbocycles. The van der Waals surface area contributed by atoms with Gasteiger partial charge in [-0.3, -0.25) is 0 Å². The number of carbonyl (C=O) groups is 1. The number of fused-ring (bicyclic) bond motifs is 1. The fourth-order valence-corrected chi connectivity index (χ4v) is 2.43. The SMILES string of the molecule is CC(C)(C)OC(=O)N1CC/C=C\[C@H]2OC(C)(C)O[C@H]2C1. The van der Waals surface area contributed by atoms with Crippen molar-refractivity contribution >= 4 is 6.09 Å². The highest BCUT2D eigenvalue weighted by molar-refractivity contribution is 5.68. The Morgan fingerprint density at radius 3 is 2.70 bits per heavy atom. The highest BCUT2D eigenvalue weighted by Crippen LogP contribution is 2.30. The van der Waals surface area contributed by atoms with Crippen LogP contribution in [0.25, 0.3) is 0 Å². The summed E-state index contributed by atoms with van der Waals surface area (Å²) >= 11 is 0. The summed E-state index contributed by atoms with van der Waals surface area (Å²) in [5.41, 5.74) is -0.485. The second kappa shape index (κ2) is 5.37. The molecule has 2 aliphatic rings. The molecule has 0 spiro atoms. The summed E-state index contributed by atoms with van der Waals surface area (Å²) in [4.78, 5) is 13.9. The Morgan fingerprint density at radius 1 is 1.35 bits per heavy atom. The minimum absolute atomic E-state index is 0.102. The fourth-order valence-electron chi connectivity index (χ4n) is 2.43. The lowest BCUT2D eigenvalue weighted by atomic mass is 10.1. The van der Waals surface area contributed by atoms with Crippen molar-refractivity contribution in [3.05, 3.63) is 12.2 Å². The molecule has 20 heavy (non-hydrogen) atoms. The van der Waals surface area contributed by atoms with Crippen LogP contribution in [0.2, 0.25) is 0 Å². The number of nitrogens with zero attached hydrogens (tertiary/aromatic N) is 1. The van der Waals surface area contributed by atoms with E-state index >= 15 is 0 Å². The van der Waals surface area contributed by atoms with Gasteiger partial charge in [0, 0.05) is 6.54 Å². The van der Waals surface area contributed by atoms with Gasteiger partial charge in [-0.15, -0.1) is 0 Å². The van der Waals surface area contributed by atoms with Crippen LogP contribution in [0.15, 0.2) is 12.2 Å². The number of hydrogen-bond donors (Lipinski definition) is 0. The number of carbonyl (C=O) groups excluding carboxylic acids is 1. The van der Waals surface area contributed by atoms with Crippen LogP contribution in [0.5, 0.6) is 0 Å². The van der Waals surface area contributed by atoms with E-state index in [0.717, 1.165) is 6.42 Å². The molecular formula is C15H25NO4. The fraction of sp³-hybridized carbons (Fsp3) is 0.800. The molecule has 0 N–H and O–H groups in total. The third-order valence-corrected chi connectivity index (χ3v) is 3.16. The van der Waals surface area contributed by atoms with Crippen LogP contribution in [-0.2, 0) is 14.2 Å². The smallest absolute Gasteiger partial charge is 0.410 e. The average molecular weight is 283 g/mol. The van der Waals surface area contributed by atoms with Gasteiger partial charge in [0.25, 0.3) is 0 Å². The first kappa shape index (κ1) is 15.3. The highest BCUT2D eigenvalue weighted by atomic mass is 16.8. The first-order valence-corrected chi connectivity index (χ1v) is 7.16. The van der Waals surface area contributed by atoms with Crippen molar-refractivity contribution in [2.24, 2.45) is 0 Å². The minimum atomic E-state index is -0.608. The molecule has 0 aliphatic carbocycles. The van der Waals surface area contributed by atoms with Crippen molar-refractivity contribution < 1.29 is 19.0 Å². The Hall–Kier alpha value is -1.07. The summed E-state index contributed by atoms with van der Waals surface area (Å²) in [6, 6.07) is 0. The zero-order valence-corrected chi connectivity index (χ0v) is 13.0. The van der Waals surface area contributed by atoms with Crippen molar-refractivity contribution in [1.82, 2.24) is 4.90 Å². The molecule has 2 aliphatic heterocycles. The van der Waals surface area contributed by atoms with Gasteiger partial charge in [-0.2, -0.15) is 0 Å². The molecule has 0 saturated carbocycles. The first-order valence-electron chi connectivity index (χ1n) is 7.16. The lowest BCUT2D eigenvalue weighted by molar-refractivity contribution is -0.144. The van der Waals surface area contributed by atoms with Gasteiger partial charge in [0.05, 0.1) is 6.54 Å². The quantitative estimate of drug-likeness (QED) is 0.641. The van der Waals surface area contributed by atoms with E-state index in [4.69, 9.17) is 14.2 Å². The number of ether oxygens (including phenoxy) is 3. The summed E-state index contributed by atoms with van der Waals surface area (Å²) in [5, 5.41) is 0. The predicted octanol–water partition coefficient (Wildman–Crippen LogP) is 2.70. The lowest BCUT2D eigenvalue weighted by Gasteiger charge is -2.30. The van der Waals surface area contributed by atoms with Gasteiger partial charge in [-0.05, 0) is 41.0 Å². The van der Waals surface area contributed by atoms with Crippen molar-refractivity contribution in [3.63, 3.8) is 0 Å². The Morgan fingerprint density at radius 2 is 2.05 bits per heavy atom. The topological polar surface area (TPSA) is 48.0 Å². The summed E-state index contributed by atoms with van der Waals surface area (Å²) < 4.78 is 17.1. The molecule has 2 atom stereocenters. The standard InChI is InChI=1S/C15H25NO4/c1-14(2,3)20-13(17)16-9-7-6-8-11-12(10-16)19-15(4,5)18-11/h6,8,11-12H,7,9-10H2,1-5H3/b8-6-/t11-,12+/m1/s1. The van der Waals surface area contributed by atoms with Gasteiger partial charge in [0.1, 0.15) is 17.8 Å². The average Bonchev–Trinajstić information content (AvgIpc) is 2.50. The summed E-state index contributed by atoms with van der Waals surface area (Å²) in [6.45, 7) is 10.5. The van der Waals surface area contributed by atoms with Gasteiger partial charge < -0.3 is 19.1 Å². The van der Waals surface area contributed by atoms with Crippen LogP contribution in [-0.4, -0.2) is 47.7 Å². The van der Waals surface area contributed by atoms with Crippen LogP contribution in [0.3, 0.4) is 0 Å². The van der Waals surface area contributed by atoms with Crippen LogP contribution < -0.4 is 0 Å². The molecule has 1 saturated heterocycles. The second-order valence-electron chi connectivity index (χ2n) is 6.78. The second-order valence-corrected chi connectivity index (χ2v) is 6.78. The van der Waals surface area contributed by atoms with E-state index in [-0.39, 0.29) is 18.3 Å². The van der Waals surface area contributed by atoms with Gasteiger partial charge in [-0.25, -0.2) is 4.79 Å². The van der Waals surface area contributed by atoms with Crippen molar-refractivity contribution in [2.75, 3.05) is 13.1 Å². The molecular weight excluding hydrogens is 258 g/mol. The summed E-state index contributed by atoms with van der Waals surface area (Å²) in [5.74, 6) is -0.608. The third-order valence-electron chi connectivity index (χ3n) is 3.16. The molecule has 0 unspecified atom stereocenters. The normalized spacial score (nSPS) is 31.1.